The van der Waals surface area contributed by atoms with E-state index in [1.165, 1.54) is 64.6 Å². The molecule has 0 aromatic rings. The van der Waals surface area contributed by atoms with Gasteiger partial charge in [0.2, 0.25) is 5.91 Å². The molecule has 2 fully saturated rings. The molecule has 0 aliphatic carbocycles. The lowest BCUT2D eigenvalue weighted by Crippen LogP contribution is -2.45. The second-order valence-corrected chi connectivity index (χ2v) is 5.78. The minimum absolute atomic E-state index is 0.360. The predicted molar refractivity (Wildman–Crippen MR) is 74.6 cm³/mol. The van der Waals surface area contributed by atoms with Crippen molar-refractivity contribution in [2.45, 2.75) is 64.3 Å². The van der Waals surface area contributed by atoms with Crippen LogP contribution in [-0.4, -0.2) is 47.9 Å². The Bertz CT molecular complexity index is 261. The third kappa shape index (κ3) is 3.71. The Hall–Kier alpha value is -0.570. The third-order valence-corrected chi connectivity index (χ3v) is 4.48. The maximum absolute atomic E-state index is 11.9. The summed E-state index contributed by atoms with van der Waals surface area (Å²) in [5.41, 5.74) is 0. The molecule has 2 saturated heterocycles. The van der Waals surface area contributed by atoms with E-state index in [0.717, 1.165) is 6.54 Å². The Morgan fingerprint density at radius 3 is 2.50 bits per heavy atom. The van der Waals surface area contributed by atoms with Crippen LogP contribution >= 0.6 is 0 Å². The molecular formula is C15H28N2O. The molecule has 1 amide bonds. The lowest BCUT2D eigenvalue weighted by molar-refractivity contribution is -0.134. The number of carbonyl (C=O) groups excluding carboxylic acids is 1. The summed E-state index contributed by atoms with van der Waals surface area (Å²) in [6.07, 6.45) is 9.71. The predicted octanol–water partition coefficient (Wildman–Crippen LogP) is 2.65. The maximum Gasteiger partial charge on any atom is 0.222 e. The lowest BCUT2D eigenvalue weighted by Gasteiger charge is -2.37. The minimum Gasteiger partial charge on any atom is -0.340 e. The van der Waals surface area contributed by atoms with Gasteiger partial charge in [-0.1, -0.05) is 13.3 Å². The second-order valence-electron chi connectivity index (χ2n) is 5.78. The summed E-state index contributed by atoms with van der Waals surface area (Å²) in [6.45, 7) is 6.72. The first kappa shape index (κ1) is 13.9. The third-order valence-electron chi connectivity index (χ3n) is 4.48. The summed E-state index contributed by atoms with van der Waals surface area (Å²) in [5.74, 6) is 0.360. The first-order valence-corrected chi connectivity index (χ1v) is 7.83. The van der Waals surface area contributed by atoms with Gasteiger partial charge in [0, 0.05) is 25.6 Å². The fourth-order valence-corrected chi connectivity index (χ4v) is 3.35. The molecule has 2 rings (SSSR count). The summed E-state index contributed by atoms with van der Waals surface area (Å²) in [4.78, 5) is 16.7. The van der Waals surface area contributed by atoms with Crippen LogP contribution in [0.2, 0.25) is 0 Å². The van der Waals surface area contributed by atoms with Gasteiger partial charge in [-0.15, -0.1) is 0 Å². The molecule has 2 aliphatic rings. The van der Waals surface area contributed by atoms with E-state index in [9.17, 15) is 4.79 Å². The van der Waals surface area contributed by atoms with Crippen molar-refractivity contribution in [1.82, 2.24) is 9.80 Å². The summed E-state index contributed by atoms with van der Waals surface area (Å²) < 4.78 is 0. The largest absolute Gasteiger partial charge is 0.340 e. The number of carbonyl (C=O) groups is 1. The number of hydrogen-bond donors (Lipinski definition) is 0. The molecule has 2 aliphatic heterocycles. The maximum atomic E-state index is 11.9. The Balaban J connectivity index is 1.79. The topological polar surface area (TPSA) is 23.6 Å². The van der Waals surface area contributed by atoms with Crippen molar-refractivity contribution >= 4 is 5.91 Å². The number of amides is 1. The van der Waals surface area contributed by atoms with Gasteiger partial charge >= 0.3 is 0 Å². The highest BCUT2D eigenvalue weighted by Crippen LogP contribution is 2.21. The van der Waals surface area contributed by atoms with Crippen LogP contribution in [-0.2, 0) is 4.79 Å². The highest BCUT2D eigenvalue weighted by Gasteiger charge is 2.25. The first-order valence-electron chi connectivity index (χ1n) is 7.83. The van der Waals surface area contributed by atoms with Crippen molar-refractivity contribution in [2.75, 3.05) is 26.2 Å². The second kappa shape index (κ2) is 7.13. The zero-order valence-corrected chi connectivity index (χ0v) is 11.9. The summed E-state index contributed by atoms with van der Waals surface area (Å²) in [6, 6.07) is 0.521. The van der Waals surface area contributed by atoms with Crippen molar-refractivity contribution in [1.29, 1.82) is 0 Å². The summed E-state index contributed by atoms with van der Waals surface area (Å²) >= 11 is 0. The van der Waals surface area contributed by atoms with Crippen LogP contribution in [0.1, 0.15) is 58.3 Å². The van der Waals surface area contributed by atoms with E-state index >= 15 is 0 Å². The highest BCUT2D eigenvalue weighted by atomic mass is 16.2. The van der Waals surface area contributed by atoms with E-state index in [-0.39, 0.29) is 0 Å². The molecule has 18 heavy (non-hydrogen) atoms. The average molecular weight is 252 g/mol. The number of piperidine rings is 2. The molecular weight excluding hydrogens is 224 g/mol. The van der Waals surface area contributed by atoms with Crippen LogP contribution in [0.5, 0.6) is 0 Å². The minimum atomic E-state index is 0.360. The number of hydrogen-bond acceptors (Lipinski definition) is 2. The molecule has 0 aromatic heterocycles. The molecule has 3 heteroatoms. The summed E-state index contributed by atoms with van der Waals surface area (Å²) in [7, 11) is 0. The van der Waals surface area contributed by atoms with Crippen molar-refractivity contribution in [3.05, 3.63) is 0 Å². The van der Waals surface area contributed by atoms with E-state index in [1.807, 2.05) is 6.92 Å². The molecule has 0 saturated carbocycles. The molecule has 0 radical (unpaired) electrons. The molecule has 3 nitrogen and oxygen atoms in total. The van der Waals surface area contributed by atoms with Gasteiger partial charge in [0.05, 0.1) is 0 Å². The quantitative estimate of drug-likeness (QED) is 0.768. The van der Waals surface area contributed by atoms with Crippen molar-refractivity contribution in [3.8, 4) is 0 Å². The number of likely N-dealkylation sites (tertiary alicyclic amines) is 2. The lowest BCUT2D eigenvalue weighted by atomic mass is 9.98. The van der Waals surface area contributed by atoms with Gasteiger partial charge in [0.1, 0.15) is 0 Å². The normalized spacial score (nSPS) is 26.3. The summed E-state index contributed by atoms with van der Waals surface area (Å²) in [5, 5.41) is 0. The van der Waals surface area contributed by atoms with Gasteiger partial charge in [-0.05, 0) is 51.6 Å². The average Bonchev–Trinajstić information content (AvgIpc) is 2.45. The van der Waals surface area contributed by atoms with E-state index in [0.29, 0.717) is 18.4 Å². The van der Waals surface area contributed by atoms with Gasteiger partial charge in [-0.2, -0.15) is 0 Å². The van der Waals surface area contributed by atoms with E-state index in [4.69, 9.17) is 0 Å². The smallest absolute Gasteiger partial charge is 0.222 e. The fraction of sp³-hybridized carbons (Fsp3) is 0.933. The molecule has 2 heterocycles. The first-order chi connectivity index (χ1) is 8.81. The van der Waals surface area contributed by atoms with Crippen molar-refractivity contribution in [2.24, 2.45) is 0 Å². The number of rotatable bonds is 4. The van der Waals surface area contributed by atoms with Gasteiger partial charge in [0.15, 0.2) is 0 Å². The Kier molecular flexibility index (Phi) is 5.48. The Morgan fingerprint density at radius 1 is 1.06 bits per heavy atom. The Morgan fingerprint density at radius 2 is 1.78 bits per heavy atom. The fourth-order valence-electron chi connectivity index (χ4n) is 3.35. The van der Waals surface area contributed by atoms with E-state index in [2.05, 4.69) is 9.80 Å². The van der Waals surface area contributed by atoms with Crippen LogP contribution in [0.25, 0.3) is 0 Å². The van der Waals surface area contributed by atoms with Crippen molar-refractivity contribution in [3.63, 3.8) is 0 Å². The van der Waals surface area contributed by atoms with Crippen LogP contribution in [0.15, 0.2) is 0 Å². The van der Waals surface area contributed by atoms with E-state index in [1.54, 1.807) is 0 Å². The molecule has 1 atom stereocenters. The standard InChI is InChI=1S/C15H28N2O/c1-2-15(18)17-12-7-4-8-14(17)9-13-16-10-5-3-6-11-16/h14H,2-13H2,1H3. The SMILES string of the molecule is CCC(=O)N1CCCCC1CCN1CCCCC1. The van der Waals surface area contributed by atoms with Crippen LogP contribution in [0.4, 0.5) is 0 Å². The van der Waals surface area contributed by atoms with Crippen LogP contribution < -0.4 is 0 Å². The monoisotopic (exact) mass is 252 g/mol. The van der Waals surface area contributed by atoms with Gasteiger partial charge in [-0.3, -0.25) is 4.79 Å². The van der Waals surface area contributed by atoms with Crippen LogP contribution in [0.3, 0.4) is 0 Å². The van der Waals surface area contributed by atoms with Gasteiger partial charge in [-0.25, -0.2) is 0 Å². The zero-order chi connectivity index (χ0) is 12.8. The molecule has 1 unspecified atom stereocenters. The Labute approximate surface area is 112 Å². The van der Waals surface area contributed by atoms with Crippen LogP contribution in [0, 0.1) is 0 Å². The zero-order valence-electron chi connectivity index (χ0n) is 11.9. The van der Waals surface area contributed by atoms with Gasteiger partial charge < -0.3 is 9.80 Å². The van der Waals surface area contributed by atoms with Crippen molar-refractivity contribution < 1.29 is 4.79 Å². The molecule has 0 aromatic carbocycles. The number of nitrogens with zero attached hydrogens (tertiary/aromatic N) is 2. The van der Waals surface area contributed by atoms with Gasteiger partial charge in [0.25, 0.3) is 0 Å². The molecule has 0 spiro atoms. The molecule has 0 N–H and O–H groups in total. The molecule has 0 bridgehead atoms. The van der Waals surface area contributed by atoms with E-state index < -0.39 is 0 Å². The highest BCUT2D eigenvalue weighted by molar-refractivity contribution is 5.76. The molecule has 104 valence electrons.